The molecular formula is C14H20ClN3O2. The van der Waals surface area contributed by atoms with E-state index in [1.165, 1.54) is 5.56 Å². The van der Waals surface area contributed by atoms with Gasteiger partial charge in [0.2, 0.25) is 0 Å². The summed E-state index contributed by atoms with van der Waals surface area (Å²) < 4.78 is 0. The maximum absolute atomic E-state index is 11.2. The van der Waals surface area contributed by atoms with Crippen molar-refractivity contribution in [3.05, 3.63) is 35.9 Å². The average molecular weight is 298 g/mol. The van der Waals surface area contributed by atoms with Gasteiger partial charge in [-0.2, -0.15) is 0 Å². The van der Waals surface area contributed by atoms with E-state index in [0.29, 0.717) is 0 Å². The monoisotopic (exact) mass is 297 g/mol. The average Bonchev–Trinajstić information content (AvgIpc) is 2.42. The SMILES string of the molecule is Cl.O=C(/C=N/O)NC1CCN(Cc2ccccc2)CC1. The maximum Gasteiger partial charge on any atom is 0.266 e. The Hall–Kier alpha value is -1.59. The number of carbonyl (C=O) groups is 1. The number of amides is 1. The van der Waals surface area contributed by atoms with E-state index in [2.05, 4.69) is 39.6 Å². The number of hydrogen-bond donors (Lipinski definition) is 2. The largest absolute Gasteiger partial charge is 0.411 e. The molecule has 0 aromatic heterocycles. The molecule has 0 aliphatic carbocycles. The van der Waals surface area contributed by atoms with Crippen LogP contribution in [0.25, 0.3) is 0 Å². The summed E-state index contributed by atoms with van der Waals surface area (Å²) in [6.07, 6.45) is 2.76. The number of benzene rings is 1. The molecule has 110 valence electrons. The van der Waals surface area contributed by atoms with E-state index in [0.717, 1.165) is 38.7 Å². The van der Waals surface area contributed by atoms with Crippen molar-refractivity contribution < 1.29 is 10.0 Å². The predicted molar refractivity (Wildman–Crippen MR) is 80.4 cm³/mol. The second-order valence-electron chi connectivity index (χ2n) is 4.79. The molecule has 0 radical (unpaired) electrons. The Kier molecular flexibility index (Phi) is 7.04. The molecule has 2 N–H and O–H groups in total. The molecule has 1 aromatic rings. The fraction of sp³-hybridized carbons (Fsp3) is 0.429. The first kappa shape index (κ1) is 16.5. The first-order valence-corrected chi connectivity index (χ1v) is 6.52. The third-order valence-electron chi connectivity index (χ3n) is 3.36. The first-order chi connectivity index (χ1) is 9.28. The van der Waals surface area contributed by atoms with E-state index in [1.807, 2.05) is 6.07 Å². The van der Waals surface area contributed by atoms with Crippen LogP contribution in [-0.4, -0.2) is 41.4 Å². The summed E-state index contributed by atoms with van der Waals surface area (Å²) >= 11 is 0. The minimum Gasteiger partial charge on any atom is -0.411 e. The number of likely N-dealkylation sites (tertiary alicyclic amines) is 1. The van der Waals surface area contributed by atoms with Crippen molar-refractivity contribution in [3.63, 3.8) is 0 Å². The highest BCUT2D eigenvalue weighted by molar-refractivity contribution is 6.26. The van der Waals surface area contributed by atoms with E-state index >= 15 is 0 Å². The Morgan fingerprint density at radius 2 is 2.00 bits per heavy atom. The molecule has 0 atom stereocenters. The minimum atomic E-state index is -0.330. The van der Waals surface area contributed by atoms with Crippen LogP contribution in [0.5, 0.6) is 0 Å². The van der Waals surface area contributed by atoms with Crippen LogP contribution < -0.4 is 5.32 Å². The zero-order chi connectivity index (χ0) is 13.5. The maximum atomic E-state index is 11.2. The lowest BCUT2D eigenvalue weighted by Gasteiger charge is -2.32. The molecule has 0 saturated carbocycles. The summed E-state index contributed by atoms with van der Waals surface area (Å²) in [5.74, 6) is -0.330. The molecule has 1 aliphatic heterocycles. The minimum absolute atomic E-state index is 0. The topological polar surface area (TPSA) is 64.9 Å². The van der Waals surface area contributed by atoms with Crippen molar-refractivity contribution in [3.8, 4) is 0 Å². The first-order valence-electron chi connectivity index (χ1n) is 6.52. The molecule has 0 bridgehead atoms. The fourth-order valence-corrected chi connectivity index (χ4v) is 2.37. The number of nitrogens with zero attached hydrogens (tertiary/aromatic N) is 2. The highest BCUT2D eigenvalue weighted by Crippen LogP contribution is 2.13. The van der Waals surface area contributed by atoms with Crippen molar-refractivity contribution in [1.82, 2.24) is 10.2 Å². The number of rotatable bonds is 4. The molecular weight excluding hydrogens is 278 g/mol. The molecule has 20 heavy (non-hydrogen) atoms. The van der Waals surface area contributed by atoms with Gasteiger partial charge in [-0.25, -0.2) is 0 Å². The van der Waals surface area contributed by atoms with Crippen molar-refractivity contribution in [1.29, 1.82) is 0 Å². The van der Waals surface area contributed by atoms with Crippen molar-refractivity contribution in [2.75, 3.05) is 13.1 Å². The Morgan fingerprint density at radius 3 is 2.60 bits per heavy atom. The van der Waals surface area contributed by atoms with Gasteiger partial charge in [-0.3, -0.25) is 9.69 Å². The van der Waals surface area contributed by atoms with Gasteiger partial charge in [0.25, 0.3) is 5.91 Å². The summed E-state index contributed by atoms with van der Waals surface area (Å²) in [7, 11) is 0. The van der Waals surface area contributed by atoms with Crippen LogP contribution in [-0.2, 0) is 11.3 Å². The lowest BCUT2D eigenvalue weighted by atomic mass is 10.0. The zero-order valence-corrected chi connectivity index (χ0v) is 12.1. The summed E-state index contributed by atoms with van der Waals surface area (Å²) in [4.78, 5) is 13.6. The van der Waals surface area contributed by atoms with Gasteiger partial charge in [0.1, 0.15) is 6.21 Å². The third kappa shape index (κ3) is 5.19. The van der Waals surface area contributed by atoms with E-state index in [-0.39, 0.29) is 24.4 Å². The zero-order valence-electron chi connectivity index (χ0n) is 11.2. The van der Waals surface area contributed by atoms with Gasteiger partial charge in [-0.05, 0) is 18.4 Å². The number of hydrogen-bond acceptors (Lipinski definition) is 4. The number of halogens is 1. The van der Waals surface area contributed by atoms with Gasteiger partial charge >= 0.3 is 0 Å². The van der Waals surface area contributed by atoms with Crippen LogP contribution in [0, 0.1) is 0 Å². The standard InChI is InChI=1S/C14H19N3O2.ClH/c18-14(10-15-19)16-13-6-8-17(9-7-13)11-12-4-2-1-3-5-12;/h1-5,10,13,19H,6-9,11H2,(H,16,18);1H/b15-10+;. The van der Waals surface area contributed by atoms with Gasteiger partial charge < -0.3 is 10.5 Å². The van der Waals surface area contributed by atoms with Crippen LogP contribution in [0.15, 0.2) is 35.5 Å². The lowest BCUT2D eigenvalue weighted by Crippen LogP contribution is -2.44. The lowest BCUT2D eigenvalue weighted by molar-refractivity contribution is -0.115. The van der Waals surface area contributed by atoms with Gasteiger partial charge in [0.05, 0.1) is 0 Å². The summed E-state index contributed by atoms with van der Waals surface area (Å²) in [5.41, 5.74) is 1.32. The highest BCUT2D eigenvalue weighted by atomic mass is 35.5. The second kappa shape index (κ2) is 8.55. The molecule has 1 fully saturated rings. The molecule has 1 saturated heterocycles. The van der Waals surface area contributed by atoms with Gasteiger partial charge in [-0.1, -0.05) is 35.5 Å². The van der Waals surface area contributed by atoms with E-state index in [1.54, 1.807) is 0 Å². The third-order valence-corrected chi connectivity index (χ3v) is 3.36. The predicted octanol–water partition coefficient (Wildman–Crippen LogP) is 1.65. The Balaban J connectivity index is 0.00000200. The Labute approximate surface area is 125 Å². The van der Waals surface area contributed by atoms with Gasteiger partial charge in [-0.15, -0.1) is 12.4 Å². The molecule has 5 nitrogen and oxygen atoms in total. The molecule has 6 heteroatoms. The molecule has 2 rings (SSSR count). The second-order valence-corrected chi connectivity index (χ2v) is 4.79. The van der Waals surface area contributed by atoms with E-state index in [9.17, 15) is 4.79 Å². The normalized spacial score (nSPS) is 16.8. The van der Waals surface area contributed by atoms with Crippen molar-refractivity contribution in [2.45, 2.75) is 25.4 Å². The molecule has 1 aliphatic rings. The van der Waals surface area contributed by atoms with Gasteiger partial charge in [0.15, 0.2) is 0 Å². The summed E-state index contributed by atoms with van der Waals surface area (Å²) in [6.45, 7) is 2.89. The van der Waals surface area contributed by atoms with Crippen molar-refractivity contribution in [2.24, 2.45) is 5.16 Å². The summed E-state index contributed by atoms with van der Waals surface area (Å²) in [5, 5.41) is 13.8. The quantitative estimate of drug-likeness (QED) is 0.504. The van der Waals surface area contributed by atoms with E-state index < -0.39 is 0 Å². The number of oxime groups is 1. The van der Waals surface area contributed by atoms with Gasteiger partial charge in [0, 0.05) is 25.7 Å². The van der Waals surface area contributed by atoms with E-state index in [4.69, 9.17) is 5.21 Å². The Bertz CT molecular complexity index is 431. The summed E-state index contributed by atoms with van der Waals surface area (Å²) in [6, 6.07) is 10.6. The van der Waals surface area contributed by atoms with Crippen LogP contribution in [0.3, 0.4) is 0 Å². The number of carbonyl (C=O) groups excluding carboxylic acids is 1. The smallest absolute Gasteiger partial charge is 0.266 e. The number of piperidine rings is 1. The molecule has 1 aromatic carbocycles. The fourth-order valence-electron chi connectivity index (χ4n) is 2.37. The van der Waals surface area contributed by atoms with Crippen LogP contribution in [0.2, 0.25) is 0 Å². The van der Waals surface area contributed by atoms with Crippen LogP contribution in [0.1, 0.15) is 18.4 Å². The number of nitrogens with one attached hydrogen (secondary N) is 1. The molecule has 0 unspecified atom stereocenters. The Morgan fingerprint density at radius 1 is 1.35 bits per heavy atom. The van der Waals surface area contributed by atoms with Crippen molar-refractivity contribution >= 4 is 24.5 Å². The van der Waals surface area contributed by atoms with Crippen LogP contribution >= 0.6 is 12.4 Å². The molecule has 0 spiro atoms. The highest BCUT2D eigenvalue weighted by Gasteiger charge is 2.20. The molecule has 1 heterocycles. The van der Waals surface area contributed by atoms with Crippen LogP contribution in [0.4, 0.5) is 0 Å². The molecule has 1 amide bonds.